The molecule has 0 aliphatic carbocycles. The summed E-state index contributed by atoms with van der Waals surface area (Å²) in [5.41, 5.74) is 3.19. The lowest BCUT2D eigenvalue weighted by atomic mass is 9.94. The molecular formula is C22H26N2O3. The van der Waals surface area contributed by atoms with E-state index in [0.717, 1.165) is 29.0 Å². The number of amides is 2. The third-order valence-corrected chi connectivity index (χ3v) is 4.65. The highest BCUT2D eigenvalue weighted by Gasteiger charge is 2.32. The zero-order chi connectivity index (χ0) is 19.6. The Morgan fingerprint density at radius 2 is 1.93 bits per heavy atom. The van der Waals surface area contributed by atoms with E-state index in [1.165, 1.54) is 0 Å². The molecule has 3 rings (SSSR count). The van der Waals surface area contributed by atoms with Crippen molar-refractivity contribution in [2.45, 2.75) is 33.6 Å². The standard InChI is InChI=1S/C22H26N2O3/c1-22(2,3)21(26)24-11-10-16-8-9-17(14-19(16)24)23-20(25)13-15-6-5-7-18(12-15)27-4/h5-9,12,14H,10-11,13H2,1-4H3,(H,23,25). The summed E-state index contributed by atoms with van der Waals surface area (Å²) in [6.45, 7) is 6.46. The van der Waals surface area contributed by atoms with Crippen LogP contribution in [0.3, 0.4) is 0 Å². The number of fused-ring (bicyclic) bond motifs is 1. The molecule has 142 valence electrons. The molecule has 0 atom stereocenters. The Balaban J connectivity index is 1.73. The fourth-order valence-corrected chi connectivity index (χ4v) is 3.25. The Morgan fingerprint density at radius 3 is 2.63 bits per heavy atom. The summed E-state index contributed by atoms with van der Waals surface area (Å²) >= 11 is 0. The van der Waals surface area contributed by atoms with Gasteiger partial charge in [-0.2, -0.15) is 0 Å². The van der Waals surface area contributed by atoms with Gasteiger partial charge < -0.3 is 15.0 Å². The third-order valence-electron chi connectivity index (χ3n) is 4.65. The highest BCUT2D eigenvalue weighted by molar-refractivity contribution is 6.00. The van der Waals surface area contributed by atoms with Crippen LogP contribution in [0.4, 0.5) is 11.4 Å². The van der Waals surface area contributed by atoms with Crippen molar-refractivity contribution in [3.05, 3.63) is 53.6 Å². The summed E-state index contributed by atoms with van der Waals surface area (Å²) in [6.07, 6.45) is 1.11. The second-order valence-corrected chi connectivity index (χ2v) is 7.88. The van der Waals surface area contributed by atoms with E-state index in [1.807, 2.05) is 68.1 Å². The van der Waals surface area contributed by atoms with E-state index in [4.69, 9.17) is 4.74 Å². The molecule has 27 heavy (non-hydrogen) atoms. The van der Waals surface area contributed by atoms with Crippen molar-refractivity contribution >= 4 is 23.2 Å². The highest BCUT2D eigenvalue weighted by Crippen LogP contribution is 2.34. The zero-order valence-electron chi connectivity index (χ0n) is 16.3. The van der Waals surface area contributed by atoms with E-state index in [9.17, 15) is 9.59 Å². The molecule has 0 radical (unpaired) electrons. The first-order valence-electron chi connectivity index (χ1n) is 9.15. The molecule has 0 spiro atoms. The quantitative estimate of drug-likeness (QED) is 0.895. The van der Waals surface area contributed by atoms with Gasteiger partial charge in [-0.05, 0) is 41.8 Å². The normalized spacial score (nSPS) is 13.3. The lowest BCUT2D eigenvalue weighted by Gasteiger charge is -2.26. The highest BCUT2D eigenvalue weighted by atomic mass is 16.5. The largest absolute Gasteiger partial charge is 0.497 e. The van der Waals surface area contributed by atoms with E-state index < -0.39 is 5.41 Å². The van der Waals surface area contributed by atoms with Crippen LogP contribution in [0.15, 0.2) is 42.5 Å². The number of methoxy groups -OCH3 is 1. The number of hydrogen-bond acceptors (Lipinski definition) is 3. The molecule has 0 aromatic heterocycles. The lowest BCUT2D eigenvalue weighted by Crippen LogP contribution is -2.38. The van der Waals surface area contributed by atoms with Gasteiger partial charge in [-0.3, -0.25) is 9.59 Å². The number of nitrogens with one attached hydrogen (secondary N) is 1. The molecule has 1 N–H and O–H groups in total. The van der Waals surface area contributed by atoms with Crippen molar-refractivity contribution in [1.82, 2.24) is 0 Å². The van der Waals surface area contributed by atoms with Crippen molar-refractivity contribution in [1.29, 1.82) is 0 Å². The van der Waals surface area contributed by atoms with Gasteiger partial charge in [0.2, 0.25) is 11.8 Å². The van der Waals surface area contributed by atoms with Gasteiger partial charge in [-0.25, -0.2) is 0 Å². The van der Waals surface area contributed by atoms with Crippen LogP contribution in [-0.4, -0.2) is 25.5 Å². The summed E-state index contributed by atoms with van der Waals surface area (Å²) < 4.78 is 5.20. The molecule has 2 amide bonds. The van der Waals surface area contributed by atoms with E-state index in [0.29, 0.717) is 12.2 Å². The predicted molar refractivity (Wildman–Crippen MR) is 107 cm³/mol. The van der Waals surface area contributed by atoms with Crippen LogP contribution in [0.5, 0.6) is 5.75 Å². The van der Waals surface area contributed by atoms with Gasteiger partial charge in [0, 0.05) is 23.3 Å². The van der Waals surface area contributed by atoms with Crippen LogP contribution in [0.2, 0.25) is 0 Å². The van der Waals surface area contributed by atoms with Gasteiger partial charge >= 0.3 is 0 Å². The number of anilines is 2. The molecule has 0 saturated heterocycles. The smallest absolute Gasteiger partial charge is 0.232 e. The first kappa shape index (κ1) is 19.0. The summed E-state index contributed by atoms with van der Waals surface area (Å²) in [4.78, 5) is 26.9. The van der Waals surface area contributed by atoms with E-state index in [2.05, 4.69) is 5.32 Å². The number of hydrogen-bond donors (Lipinski definition) is 1. The maximum Gasteiger partial charge on any atom is 0.232 e. The van der Waals surface area contributed by atoms with Crippen LogP contribution in [-0.2, 0) is 22.4 Å². The summed E-state index contributed by atoms with van der Waals surface area (Å²) in [5.74, 6) is 0.727. The number of carbonyl (C=O) groups is 2. The Labute approximate surface area is 160 Å². The molecule has 0 bridgehead atoms. The zero-order valence-corrected chi connectivity index (χ0v) is 16.3. The van der Waals surface area contributed by atoms with E-state index >= 15 is 0 Å². The van der Waals surface area contributed by atoms with E-state index in [1.54, 1.807) is 7.11 Å². The van der Waals surface area contributed by atoms with Gasteiger partial charge in [-0.1, -0.05) is 39.0 Å². The first-order valence-corrected chi connectivity index (χ1v) is 9.15. The molecule has 5 heteroatoms. The monoisotopic (exact) mass is 366 g/mol. The SMILES string of the molecule is COc1cccc(CC(=O)Nc2ccc3c(c2)N(C(=O)C(C)(C)C)CC3)c1. The van der Waals surface area contributed by atoms with Crippen molar-refractivity contribution in [2.24, 2.45) is 5.41 Å². The van der Waals surface area contributed by atoms with Crippen molar-refractivity contribution in [2.75, 3.05) is 23.9 Å². The molecule has 0 unspecified atom stereocenters. The van der Waals surface area contributed by atoms with Crippen LogP contribution < -0.4 is 15.0 Å². The van der Waals surface area contributed by atoms with Crippen molar-refractivity contribution in [3.8, 4) is 5.75 Å². The van der Waals surface area contributed by atoms with Crippen LogP contribution in [0.25, 0.3) is 0 Å². The van der Waals surface area contributed by atoms with Gasteiger partial charge in [-0.15, -0.1) is 0 Å². The van der Waals surface area contributed by atoms with Gasteiger partial charge in [0.1, 0.15) is 5.75 Å². The molecule has 0 saturated carbocycles. The average molecular weight is 366 g/mol. The molecular weight excluding hydrogens is 340 g/mol. The minimum Gasteiger partial charge on any atom is -0.497 e. The lowest BCUT2D eigenvalue weighted by molar-refractivity contribution is -0.125. The molecule has 1 aliphatic heterocycles. The van der Waals surface area contributed by atoms with Crippen LogP contribution in [0.1, 0.15) is 31.9 Å². The first-order chi connectivity index (χ1) is 12.8. The van der Waals surface area contributed by atoms with Gasteiger partial charge in [0.15, 0.2) is 0 Å². The molecule has 2 aromatic carbocycles. The topological polar surface area (TPSA) is 58.6 Å². The molecule has 5 nitrogen and oxygen atoms in total. The summed E-state index contributed by atoms with van der Waals surface area (Å²) in [5, 5.41) is 2.94. The van der Waals surface area contributed by atoms with Crippen molar-refractivity contribution < 1.29 is 14.3 Å². The average Bonchev–Trinajstić information content (AvgIpc) is 3.03. The van der Waals surface area contributed by atoms with E-state index in [-0.39, 0.29) is 18.2 Å². The van der Waals surface area contributed by atoms with Gasteiger partial charge in [0.05, 0.1) is 13.5 Å². The third kappa shape index (κ3) is 4.30. The number of benzene rings is 2. The summed E-state index contributed by atoms with van der Waals surface area (Å²) in [6, 6.07) is 13.3. The minimum absolute atomic E-state index is 0.0982. The molecule has 0 fully saturated rings. The Morgan fingerprint density at radius 1 is 1.15 bits per heavy atom. The van der Waals surface area contributed by atoms with Crippen molar-refractivity contribution in [3.63, 3.8) is 0 Å². The molecule has 2 aromatic rings. The second kappa shape index (κ2) is 7.43. The fourth-order valence-electron chi connectivity index (χ4n) is 3.25. The van der Waals surface area contributed by atoms with Crippen LogP contribution in [0, 0.1) is 5.41 Å². The Hall–Kier alpha value is -2.82. The predicted octanol–water partition coefficient (Wildman–Crippen LogP) is 3.81. The number of ether oxygens (including phenoxy) is 1. The number of nitrogens with zero attached hydrogens (tertiary/aromatic N) is 1. The fraction of sp³-hybridized carbons (Fsp3) is 0.364. The molecule has 1 heterocycles. The number of carbonyl (C=O) groups excluding carboxylic acids is 2. The van der Waals surface area contributed by atoms with Crippen LogP contribution >= 0.6 is 0 Å². The Bertz CT molecular complexity index is 868. The second-order valence-electron chi connectivity index (χ2n) is 7.88. The Kier molecular flexibility index (Phi) is 5.22. The minimum atomic E-state index is -0.437. The maximum absolute atomic E-state index is 12.7. The maximum atomic E-state index is 12.7. The van der Waals surface area contributed by atoms with Gasteiger partial charge in [0.25, 0.3) is 0 Å². The summed E-state index contributed by atoms with van der Waals surface area (Å²) in [7, 11) is 1.61. The number of rotatable bonds is 4. The molecule has 1 aliphatic rings.